The summed E-state index contributed by atoms with van der Waals surface area (Å²) in [6.45, 7) is -0.640. The van der Waals surface area contributed by atoms with E-state index in [1.807, 2.05) is 0 Å². The van der Waals surface area contributed by atoms with Crippen LogP contribution in [0.3, 0.4) is 0 Å². The van der Waals surface area contributed by atoms with Gasteiger partial charge in [0.15, 0.2) is 0 Å². The van der Waals surface area contributed by atoms with E-state index in [1.165, 1.54) is 0 Å². The molecule has 0 saturated carbocycles. The number of carbonyl (C=O) groups is 1. The lowest BCUT2D eigenvalue weighted by Crippen LogP contribution is -2.32. The Labute approximate surface area is 102 Å². The van der Waals surface area contributed by atoms with Gasteiger partial charge in [-0.05, 0) is 18.2 Å². The lowest BCUT2D eigenvalue weighted by molar-refractivity contribution is -0.130. The summed E-state index contributed by atoms with van der Waals surface area (Å²) in [5.74, 6) is -4.21. The van der Waals surface area contributed by atoms with Crippen molar-refractivity contribution >= 4 is 5.91 Å². The number of likely N-dealkylation sites (tertiary alicyclic amines) is 1. The number of aromatic hydroxyl groups is 1. The molecule has 1 aromatic carbocycles. The molecule has 1 N–H and O–H groups in total. The number of rotatable bonds is 2. The Balaban J connectivity index is 2.06. The molecule has 6 heteroatoms. The normalized spacial score (nSPS) is 18.1. The van der Waals surface area contributed by atoms with Gasteiger partial charge in [-0.2, -0.15) is 0 Å². The fraction of sp³-hybridized carbons (Fsp3) is 0.417. The smallest absolute Gasteiger partial charge is 0.267 e. The molecule has 18 heavy (non-hydrogen) atoms. The zero-order valence-electron chi connectivity index (χ0n) is 9.50. The van der Waals surface area contributed by atoms with E-state index in [-0.39, 0.29) is 30.7 Å². The van der Waals surface area contributed by atoms with Gasteiger partial charge in [0.25, 0.3) is 5.92 Å². The molecule has 1 heterocycles. The molecule has 98 valence electrons. The van der Waals surface area contributed by atoms with Crippen LogP contribution in [0, 0.1) is 5.82 Å². The Hall–Kier alpha value is -1.72. The summed E-state index contributed by atoms with van der Waals surface area (Å²) in [5.41, 5.74) is 0.00946. The molecule has 0 atom stereocenters. The van der Waals surface area contributed by atoms with Gasteiger partial charge in [-0.3, -0.25) is 4.79 Å². The first-order valence-electron chi connectivity index (χ1n) is 5.50. The van der Waals surface area contributed by atoms with Crippen molar-refractivity contribution in [1.29, 1.82) is 0 Å². The molecule has 3 nitrogen and oxygen atoms in total. The zero-order chi connectivity index (χ0) is 13.3. The number of benzene rings is 1. The minimum absolute atomic E-state index is 0.00946. The maximum atomic E-state index is 13.3. The zero-order valence-corrected chi connectivity index (χ0v) is 9.50. The number of phenols is 1. The van der Waals surface area contributed by atoms with Crippen molar-refractivity contribution in [3.63, 3.8) is 0 Å². The SMILES string of the molecule is O=C(Cc1cc(O)ccc1F)N1CCC(F)(F)C1. The largest absolute Gasteiger partial charge is 0.508 e. The van der Waals surface area contributed by atoms with Gasteiger partial charge in [0.1, 0.15) is 11.6 Å². The van der Waals surface area contributed by atoms with E-state index in [9.17, 15) is 23.1 Å². The lowest BCUT2D eigenvalue weighted by Gasteiger charge is -2.16. The quantitative estimate of drug-likeness (QED) is 0.881. The summed E-state index contributed by atoms with van der Waals surface area (Å²) in [4.78, 5) is 12.7. The first kappa shape index (κ1) is 12.7. The van der Waals surface area contributed by atoms with Gasteiger partial charge in [-0.25, -0.2) is 13.2 Å². The molecule has 0 aromatic heterocycles. The second-order valence-electron chi connectivity index (χ2n) is 4.37. The molecule has 0 radical (unpaired) electrons. The van der Waals surface area contributed by atoms with E-state index in [2.05, 4.69) is 0 Å². The highest BCUT2D eigenvalue weighted by molar-refractivity contribution is 5.79. The summed E-state index contributed by atoms with van der Waals surface area (Å²) in [6, 6.07) is 3.32. The van der Waals surface area contributed by atoms with Crippen LogP contribution in [-0.2, 0) is 11.2 Å². The van der Waals surface area contributed by atoms with Crippen molar-refractivity contribution in [3.8, 4) is 5.75 Å². The number of phenolic OH excluding ortho intramolecular Hbond substituents is 1. The Morgan fingerprint density at radius 1 is 1.44 bits per heavy atom. The average Bonchev–Trinajstić information content (AvgIpc) is 2.64. The highest BCUT2D eigenvalue weighted by Crippen LogP contribution is 2.27. The molecule has 1 aliphatic rings. The van der Waals surface area contributed by atoms with Gasteiger partial charge in [0, 0.05) is 18.5 Å². The maximum Gasteiger partial charge on any atom is 0.267 e. The van der Waals surface area contributed by atoms with Crippen LogP contribution in [0.5, 0.6) is 5.75 Å². The van der Waals surface area contributed by atoms with Crippen LogP contribution in [0.25, 0.3) is 0 Å². The van der Waals surface area contributed by atoms with Gasteiger partial charge < -0.3 is 10.0 Å². The number of halogens is 3. The number of hydrogen-bond acceptors (Lipinski definition) is 2. The summed E-state index contributed by atoms with van der Waals surface area (Å²) in [5, 5.41) is 9.19. The first-order chi connectivity index (χ1) is 8.37. The van der Waals surface area contributed by atoms with Gasteiger partial charge in [-0.15, -0.1) is 0 Å². The molecule has 0 aliphatic carbocycles. The second-order valence-corrected chi connectivity index (χ2v) is 4.37. The molecule has 0 bridgehead atoms. The first-order valence-corrected chi connectivity index (χ1v) is 5.50. The van der Waals surface area contributed by atoms with E-state index in [1.54, 1.807) is 0 Å². The highest BCUT2D eigenvalue weighted by atomic mass is 19.3. The van der Waals surface area contributed by atoms with Crippen LogP contribution in [0.2, 0.25) is 0 Å². The van der Waals surface area contributed by atoms with Crippen molar-refractivity contribution in [3.05, 3.63) is 29.6 Å². The van der Waals surface area contributed by atoms with E-state index >= 15 is 0 Å². The molecular formula is C12H12F3NO2. The van der Waals surface area contributed by atoms with E-state index in [0.717, 1.165) is 23.1 Å². The summed E-state index contributed by atoms with van der Waals surface area (Å²) >= 11 is 0. The van der Waals surface area contributed by atoms with Crippen molar-refractivity contribution < 1.29 is 23.1 Å². The molecule has 1 aliphatic heterocycles. The van der Waals surface area contributed by atoms with E-state index < -0.39 is 24.2 Å². The third-order valence-electron chi connectivity index (χ3n) is 2.89. The monoisotopic (exact) mass is 259 g/mol. The molecule has 2 rings (SSSR count). The number of amides is 1. The van der Waals surface area contributed by atoms with Gasteiger partial charge in [-0.1, -0.05) is 0 Å². The van der Waals surface area contributed by atoms with Gasteiger partial charge >= 0.3 is 0 Å². The average molecular weight is 259 g/mol. The predicted octanol–water partition coefficient (Wildman–Crippen LogP) is 1.94. The van der Waals surface area contributed by atoms with Gasteiger partial charge in [0.05, 0.1) is 13.0 Å². The standard InChI is InChI=1S/C12H12F3NO2/c13-10-2-1-9(17)5-8(10)6-11(18)16-4-3-12(14,15)7-16/h1-2,5,17H,3-4,6-7H2. The number of carbonyl (C=O) groups excluding carboxylic acids is 1. The molecule has 0 spiro atoms. The molecule has 1 aromatic rings. The Bertz CT molecular complexity index is 476. The Kier molecular flexibility index (Phi) is 3.19. The second kappa shape index (κ2) is 4.51. The fourth-order valence-electron chi connectivity index (χ4n) is 1.92. The molecule has 0 unspecified atom stereocenters. The molecule has 1 saturated heterocycles. The number of nitrogens with zero attached hydrogens (tertiary/aromatic N) is 1. The van der Waals surface area contributed by atoms with Crippen LogP contribution in [-0.4, -0.2) is 34.9 Å². The van der Waals surface area contributed by atoms with Crippen LogP contribution in [0.4, 0.5) is 13.2 Å². The van der Waals surface area contributed by atoms with Crippen molar-refractivity contribution in [1.82, 2.24) is 4.90 Å². The molecule has 1 fully saturated rings. The topological polar surface area (TPSA) is 40.5 Å². The minimum Gasteiger partial charge on any atom is -0.508 e. The van der Waals surface area contributed by atoms with E-state index in [4.69, 9.17) is 0 Å². The van der Waals surface area contributed by atoms with Crippen LogP contribution >= 0.6 is 0 Å². The van der Waals surface area contributed by atoms with E-state index in [0.29, 0.717) is 0 Å². The van der Waals surface area contributed by atoms with Crippen LogP contribution < -0.4 is 0 Å². The molecule has 1 amide bonds. The fourth-order valence-corrected chi connectivity index (χ4v) is 1.92. The van der Waals surface area contributed by atoms with Gasteiger partial charge in [0.2, 0.25) is 5.91 Å². The van der Waals surface area contributed by atoms with Crippen LogP contribution in [0.1, 0.15) is 12.0 Å². The predicted molar refractivity (Wildman–Crippen MR) is 57.9 cm³/mol. The maximum absolute atomic E-state index is 13.3. The number of alkyl halides is 2. The number of hydrogen-bond donors (Lipinski definition) is 1. The Morgan fingerprint density at radius 2 is 2.17 bits per heavy atom. The summed E-state index contributed by atoms with van der Waals surface area (Å²) in [6.07, 6.45) is -0.683. The van der Waals surface area contributed by atoms with Crippen LogP contribution in [0.15, 0.2) is 18.2 Å². The van der Waals surface area contributed by atoms with Crippen molar-refractivity contribution in [2.45, 2.75) is 18.8 Å². The minimum atomic E-state index is -2.85. The third kappa shape index (κ3) is 2.75. The Morgan fingerprint density at radius 3 is 2.78 bits per heavy atom. The van der Waals surface area contributed by atoms with Crippen molar-refractivity contribution in [2.75, 3.05) is 13.1 Å². The molecular weight excluding hydrogens is 247 g/mol. The highest BCUT2D eigenvalue weighted by Gasteiger charge is 2.40. The van der Waals surface area contributed by atoms with Crippen molar-refractivity contribution in [2.24, 2.45) is 0 Å². The summed E-state index contributed by atoms with van der Waals surface area (Å²) < 4.78 is 39.2. The lowest BCUT2D eigenvalue weighted by atomic mass is 10.1. The summed E-state index contributed by atoms with van der Waals surface area (Å²) in [7, 11) is 0. The third-order valence-corrected chi connectivity index (χ3v) is 2.89.